The first kappa shape index (κ1) is 24.5. The minimum atomic E-state index is -0.516. The van der Waals surface area contributed by atoms with Gasteiger partial charge >= 0.3 is 6.03 Å². The Labute approximate surface area is 206 Å². The van der Waals surface area contributed by atoms with Gasteiger partial charge in [-0.1, -0.05) is 50.2 Å². The highest BCUT2D eigenvalue weighted by Crippen LogP contribution is 2.33. The molecule has 0 fully saturated rings. The van der Waals surface area contributed by atoms with E-state index in [9.17, 15) is 14.0 Å². The lowest BCUT2D eigenvalue weighted by Crippen LogP contribution is -2.50. The van der Waals surface area contributed by atoms with Crippen LogP contribution in [0.3, 0.4) is 0 Å². The second kappa shape index (κ2) is 10.3. The molecule has 6 nitrogen and oxygen atoms in total. The van der Waals surface area contributed by atoms with Crippen LogP contribution in [0.1, 0.15) is 56.5 Å². The summed E-state index contributed by atoms with van der Waals surface area (Å²) in [5, 5.41) is 2.61. The summed E-state index contributed by atoms with van der Waals surface area (Å²) in [5.41, 5.74) is 3.42. The fourth-order valence-electron chi connectivity index (χ4n) is 4.54. The Morgan fingerprint density at radius 1 is 1.00 bits per heavy atom. The Balaban J connectivity index is 1.58. The highest BCUT2D eigenvalue weighted by Gasteiger charge is 2.34. The van der Waals surface area contributed by atoms with Gasteiger partial charge in [-0.2, -0.15) is 0 Å². The van der Waals surface area contributed by atoms with Gasteiger partial charge in [-0.25, -0.2) is 9.18 Å². The number of anilines is 1. The van der Waals surface area contributed by atoms with E-state index in [1.165, 1.54) is 22.6 Å². The van der Waals surface area contributed by atoms with Gasteiger partial charge in [-0.05, 0) is 55.2 Å². The van der Waals surface area contributed by atoms with Gasteiger partial charge in [0.25, 0.3) is 0 Å². The normalized spacial score (nSPS) is 15.3. The van der Waals surface area contributed by atoms with Crippen LogP contribution in [0, 0.1) is 5.82 Å². The van der Waals surface area contributed by atoms with E-state index in [1.807, 2.05) is 37.1 Å². The maximum absolute atomic E-state index is 14.1. The summed E-state index contributed by atoms with van der Waals surface area (Å²) in [6.07, 6.45) is 2.04. The van der Waals surface area contributed by atoms with E-state index >= 15 is 0 Å². The molecule has 2 aromatic carbocycles. The molecule has 1 N–H and O–H groups in total. The van der Waals surface area contributed by atoms with Crippen molar-refractivity contribution in [3.63, 3.8) is 0 Å². The molecule has 0 aliphatic carbocycles. The van der Waals surface area contributed by atoms with Gasteiger partial charge in [0, 0.05) is 31.0 Å². The number of halogens is 1. The van der Waals surface area contributed by atoms with Crippen LogP contribution in [0.2, 0.25) is 0 Å². The Morgan fingerprint density at radius 2 is 1.71 bits per heavy atom. The summed E-state index contributed by atoms with van der Waals surface area (Å²) >= 11 is 0. The zero-order valence-corrected chi connectivity index (χ0v) is 20.7. The topological polar surface area (TPSA) is 57.6 Å². The number of para-hydroxylation sites is 1. The number of carbonyl (C=O) groups excluding carboxylic acids is 2. The molecule has 1 aromatic heterocycles. The molecule has 0 bridgehead atoms. The van der Waals surface area contributed by atoms with Crippen molar-refractivity contribution in [2.45, 2.75) is 52.2 Å². The molecule has 1 aliphatic rings. The van der Waals surface area contributed by atoms with E-state index in [0.717, 1.165) is 11.3 Å². The zero-order chi connectivity index (χ0) is 25.1. The molecule has 2 heterocycles. The van der Waals surface area contributed by atoms with Crippen molar-refractivity contribution in [3.8, 4) is 0 Å². The second-order valence-corrected chi connectivity index (χ2v) is 9.57. The summed E-state index contributed by atoms with van der Waals surface area (Å²) in [6, 6.07) is 17.5. The quantitative estimate of drug-likeness (QED) is 0.502. The van der Waals surface area contributed by atoms with E-state index in [-0.39, 0.29) is 30.2 Å². The van der Waals surface area contributed by atoms with Crippen molar-refractivity contribution in [3.05, 3.63) is 89.5 Å². The molecule has 3 amide bonds. The first-order valence-electron chi connectivity index (χ1n) is 12.1. The molecular weight excluding hydrogens is 443 g/mol. The molecule has 1 unspecified atom stereocenters. The standard InChI is InChI=1S/C28H33FN4O2/c1-19(2)21-11-13-22(14-12-21)27-25-10-7-15-31(25)16-17-32(27)26(34)18-33(20(3)4)28(35)30-24-9-6-5-8-23(24)29/h5-15,19-20,27H,16-18H2,1-4H3,(H,30,35). The number of amides is 3. The van der Waals surface area contributed by atoms with E-state index < -0.39 is 11.8 Å². The van der Waals surface area contributed by atoms with Crippen LogP contribution in [0.15, 0.2) is 66.9 Å². The van der Waals surface area contributed by atoms with Crippen LogP contribution in [0.5, 0.6) is 0 Å². The molecular formula is C28H33FN4O2. The van der Waals surface area contributed by atoms with Gasteiger partial charge in [-0.15, -0.1) is 0 Å². The fourth-order valence-corrected chi connectivity index (χ4v) is 4.54. The van der Waals surface area contributed by atoms with Crippen molar-refractivity contribution in [2.24, 2.45) is 0 Å². The monoisotopic (exact) mass is 476 g/mol. The van der Waals surface area contributed by atoms with E-state index in [1.54, 1.807) is 12.1 Å². The van der Waals surface area contributed by atoms with Crippen molar-refractivity contribution in [1.29, 1.82) is 0 Å². The van der Waals surface area contributed by atoms with Gasteiger partial charge in [0.15, 0.2) is 0 Å². The van der Waals surface area contributed by atoms with Gasteiger partial charge in [-0.3, -0.25) is 4.79 Å². The molecule has 3 aromatic rings. The number of nitrogens with zero attached hydrogens (tertiary/aromatic N) is 3. The SMILES string of the molecule is CC(C)c1ccc(C2c3cccn3CCN2C(=O)CN(C(=O)Nc2ccccc2F)C(C)C)cc1. The number of urea groups is 1. The number of rotatable bonds is 6. The number of nitrogens with one attached hydrogen (secondary N) is 1. The van der Waals surface area contributed by atoms with Crippen LogP contribution >= 0.6 is 0 Å². The summed E-state index contributed by atoms with van der Waals surface area (Å²) in [5.74, 6) is -0.241. The van der Waals surface area contributed by atoms with Crippen molar-refractivity contribution >= 4 is 17.6 Å². The third-order valence-electron chi connectivity index (χ3n) is 6.58. The van der Waals surface area contributed by atoms with Crippen LogP contribution in [0.25, 0.3) is 0 Å². The first-order valence-corrected chi connectivity index (χ1v) is 12.1. The molecule has 0 saturated heterocycles. The average molecular weight is 477 g/mol. The lowest BCUT2D eigenvalue weighted by atomic mass is 9.95. The van der Waals surface area contributed by atoms with Gasteiger partial charge < -0.3 is 19.7 Å². The molecule has 1 atom stereocenters. The molecule has 0 radical (unpaired) electrons. The lowest BCUT2D eigenvalue weighted by molar-refractivity contribution is -0.134. The first-order chi connectivity index (χ1) is 16.8. The van der Waals surface area contributed by atoms with E-state index in [4.69, 9.17) is 0 Å². The smallest absolute Gasteiger partial charge is 0.322 e. The molecule has 184 valence electrons. The third kappa shape index (κ3) is 5.24. The van der Waals surface area contributed by atoms with E-state index in [0.29, 0.717) is 19.0 Å². The molecule has 7 heteroatoms. The maximum atomic E-state index is 14.1. The number of fused-ring (bicyclic) bond motifs is 1. The number of aromatic nitrogens is 1. The van der Waals surface area contributed by atoms with Crippen molar-refractivity contribution in [1.82, 2.24) is 14.4 Å². The van der Waals surface area contributed by atoms with Crippen LogP contribution in [-0.2, 0) is 11.3 Å². The minimum Gasteiger partial charge on any atom is -0.348 e. The Bertz CT molecular complexity index is 1190. The molecule has 4 rings (SSSR count). The molecule has 35 heavy (non-hydrogen) atoms. The minimum absolute atomic E-state index is 0.0921. The predicted molar refractivity (Wildman–Crippen MR) is 136 cm³/mol. The number of hydrogen-bond acceptors (Lipinski definition) is 2. The highest BCUT2D eigenvalue weighted by atomic mass is 19.1. The average Bonchev–Trinajstić information content (AvgIpc) is 3.32. The Morgan fingerprint density at radius 3 is 2.37 bits per heavy atom. The van der Waals surface area contributed by atoms with Gasteiger partial charge in [0.1, 0.15) is 12.4 Å². The predicted octanol–water partition coefficient (Wildman–Crippen LogP) is 5.62. The summed E-state index contributed by atoms with van der Waals surface area (Å²) in [4.78, 5) is 30.0. The molecule has 1 aliphatic heterocycles. The van der Waals surface area contributed by atoms with Crippen molar-refractivity contribution < 1.29 is 14.0 Å². The second-order valence-electron chi connectivity index (χ2n) is 9.57. The van der Waals surface area contributed by atoms with Crippen LogP contribution in [0.4, 0.5) is 14.9 Å². The Kier molecular flexibility index (Phi) is 7.24. The van der Waals surface area contributed by atoms with E-state index in [2.05, 4.69) is 48.0 Å². The van der Waals surface area contributed by atoms with Crippen LogP contribution < -0.4 is 5.32 Å². The summed E-state index contributed by atoms with van der Waals surface area (Å²) in [7, 11) is 0. The van der Waals surface area contributed by atoms with Crippen molar-refractivity contribution in [2.75, 3.05) is 18.4 Å². The lowest BCUT2D eigenvalue weighted by Gasteiger charge is -2.39. The summed E-state index contributed by atoms with van der Waals surface area (Å²) < 4.78 is 16.3. The highest BCUT2D eigenvalue weighted by molar-refractivity contribution is 5.92. The van der Waals surface area contributed by atoms with Gasteiger partial charge in [0.05, 0.1) is 11.7 Å². The molecule has 0 spiro atoms. The number of carbonyl (C=O) groups is 2. The molecule has 0 saturated carbocycles. The maximum Gasteiger partial charge on any atom is 0.322 e. The summed E-state index contributed by atoms with van der Waals surface area (Å²) in [6.45, 7) is 9.14. The fraction of sp³-hybridized carbons (Fsp3) is 0.357. The largest absolute Gasteiger partial charge is 0.348 e. The van der Waals surface area contributed by atoms with Gasteiger partial charge in [0.2, 0.25) is 5.91 Å². The third-order valence-corrected chi connectivity index (χ3v) is 6.58. The van der Waals surface area contributed by atoms with Crippen LogP contribution in [-0.4, -0.2) is 45.4 Å². The zero-order valence-electron chi connectivity index (χ0n) is 20.7. The number of hydrogen-bond donors (Lipinski definition) is 1. The number of benzene rings is 2. The Hall–Kier alpha value is -3.61.